The number of hydrogen-bond donors (Lipinski definition) is 0. The van der Waals surface area contributed by atoms with Gasteiger partial charge in [-0.2, -0.15) is 0 Å². The number of carbonyl (C=O) groups excluding carboxylic acids is 1. The van der Waals surface area contributed by atoms with Crippen LogP contribution in [0.5, 0.6) is 5.75 Å². The van der Waals surface area contributed by atoms with Crippen LogP contribution in [-0.4, -0.2) is 30.0 Å². The average Bonchev–Trinajstić information content (AvgIpc) is 2.57. The molecule has 0 unspecified atom stereocenters. The highest BCUT2D eigenvalue weighted by Crippen LogP contribution is 2.20. The molecule has 1 saturated heterocycles. The molecule has 0 radical (unpaired) electrons. The highest BCUT2D eigenvalue weighted by molar-refractivity contribution is 5.94. The Morgan fingerprint density at radius 3 is 2.27 bits per heavy atom. The zero-order valence-electron chi connectivity index (χ0n) is 12.9. The Morgan fingerprint density at radius 1 is 1.00 bits per heavy atom. The van der Waals surface area contributed by atoms with Crippen molar-refractivity contribution >= 4 is 5.91 Å². The van der Waals surface area contributed by atoms with E-state index in [1.807, 2.05) is 66.4 Å². The van der Waals surface area contributed by atoms with Crippen molar-refractivity contribution in [2.45, 2.75) is 25.9 Å². The lowest BCUT2D eigenvalue weighted by molar-refractivity contribution is 0.0595. The van der Waals surface area contributed by atoms with Gasteiger partial charge in [0, 0.05) is 31.5 Å². The van der Waals surface area contributed by atoms with Crippen molar-refractivity contribution in [3.05, 3.63) is 65.7 Å². The lowest BCUT2D eigenvalue weighted by atomic mass is 10.1. The number of ether oxygens (including phenoxy) is 1. The Morgan fingerprint density at radius 2 is 1.64 bits per heavy atom. The molecule has 22 heavy (non-hydrogen) atoms. The van der Waals surface area contributed by atoms with Crippen LogP contribution in [0.3, 0.4) is 0 Å². The summed E-state index contributed by atoms with van der Waals surface area (Å²) in [7, 11) is 0. The zero-order valence-corrected chi connectivity index (χ0v) is 12.9. The number of para-hydroxylation sites is 1. The number of nitrogens with zero attached hydrogens (tertiary/aromatic N) is 1. The first-order chi connectivity index (χ1) is 10.7. The van der Waals surface area contributed by atoms with Gasteiger partial charge >= 0.3 is 0 Å². The number of amides is 1. The van der Waals surface area contributed by atoms with Crippen molar-refractivity contribution in [3.63, 3.8) is 0 Å². The van der Waals surface area contributed by atoms with E-state index in [0.29, 0.717) is 0 Å². The molecule has 0 saturated carbocycles. The molecule has 2 aromatic carbocycles. The molecule has 0 bridgehead atoms. The number of hydrogen-bond acceptors (Lipinski definition) is 2. The van der Waals surface area contributed by atoms with Gasteiger partial charge in [-0.25, -0.2) is 0 Å². The average molecular weight is 295 g/mol. The van der Waals surface area contributed by atoms with Gasteiger partial charge in [0.25, 0.3) is 5.91 Å². The summed E-state index contributed by atoms with van der Waals surface area (Å²) in [6.07, 6.45) is 1.96. The van der Waals surface area contributed by atoms with E-state index < -0.39 is 0 Å². The normalized spacial score (nSPS) is 15.6. The summed E-state index contributed by atoms with van der Waals surface area (Å²) >= 11 is 0. The molecule has 114 valence electrons. The molecular formula is C19H21NO2. The van der Waals surface area contributed by atoms with Crippen LogP contribution in [0, 0.1) is 6.92 Å². The molecule has 3 nitrogen and oxygen atoms in total. The third kappa shape index (κ3) is 3.48. The Hall–Kier alpha value is -2.29. The minimum atomic E-state index is 0.123. The summed E-state index contributed by atoms with van der Waals surface area (Å²) in [5.74, 6) is 1.03. The Bertz CT molecular complexity index is 614. The fourth-order valence-electron chi connectivity index (χ4n) is 2.75. The highest BCUT2D eigenvalue weighted by Gasteiger charge is 2.24. The van der Waals surface area contributed by atoms with Crippen LogP contribution in [0.2, 0.25) is 0 Å². The summed E-state index contributed by atoms with van der Waals surface area (Å²) in [4.78, 5) is 14.4. The van der Waals surface area contributed by atoms with E-state index in [0.717, 1.165) is 37.2 Å². The highest BCUT2D eigenvalue weighted by atomic mass is 16.5. The first-order valence-corrected chi connectivity index (χ1v) is 7.80. The van der Waals surface area contributed by atoms with Crippen molar-refractivity contribution in [3.8, 4) is 5.75 Å². The van der Waals surface area contributed by atoms with E-state index in [1.165, 1.54) is 5.56 Å². The van der Waals surface area contributed by atoms with Gasteiger partial charge in [-0.15, -0.1) is 0 Å². The Balaban J connectivity index is 1.55. The molecule has 0 N–H and O–H groups in total. The van der Waals surface area contributed by atoms with Crippen molar-refractivity contribution < 1.29 is 9.53 Å². The molecule has 1 aliphatic heterocycles. The quantitative estimate of drug-likeness (QED) is 0.864. The fourth-order valence-corrected chi connectivity index (χ4v) is 2.75. The van der Waals surface area contributed by atoms with Gasteiger partial charge in [0.2, 0.25) is 0 Å². The maximum absolute atomic E-state index is 12.5. The zero-order chi connectivity index (χ0) is 15.4. The number of benzene rings is 2. The summed E-state index contributed by atoms with van der Waals surface area (Å²) in [5.41, 5.74) is 1.94. The third-order valence-corrected chi connectivity index (χ3v) is 4.07. The predicted molar refractivity (Wildman–Crippen MR) is 87.2 cm³/mol. The molecule has 3 heteroatoms. The Labute approximate surface area is 131 Å². The van der Waals surface area contributed by atoms with Crippen LogP contribution in [0.1, 0.15) is 28.8 Å². The molecule has 1 aliphatic rings. The van der Waals surface area contributed by atoms with Crippen molar-refractivity contribution in [1.29, 1.82) is 0 Å². The number of piperidine rings is 1. The topological polar surface area (TPSA) is 29.5 Å². The van der Waals surface area contributed by atoms with E-state index >= 15 is 0 Å². The monoisotopic (exact) mass is 295 g/mol. The van der Waals surface area contributed by atoms with Gasteiger partial charge in [-0.05, 0) is 31.2 Å². The molecular weight excluding hydrogens is 274 g/mol. The summed E-state index contributed by atoms with van der Waals surface area (Å²) in [5, 5.41) is 0. The molecule has 0 atom stereocenters. The molecule has 1 fully saturated rings. The number of likely N-dealkylation sites (tertiary alicyclic amines) is 1. The fraction of sp³-hybridized carbons (Fsp3) is 0.316. The van der Waals surface area contributed by atoms with Gasteiger partial charge in [0.05, 0.1) is 0 Å². The van der Waals surface area contributed by atoms with Crippen molar-refractivity contribution in [2.75, 3.05) is 13.1 Å². The van der Waals surface area contributed by atoms with E-state index in [1.54, 1.807) is 0 Å². The minimum absolute atomic E-state index is 0.123. The molecule has 1 amide bonds. The maximum Gasteiger partial charge on any atom is 0.253 e. The van der Waals surface area contributed by atoms with Crippen molar-refractivity contribution in [2.24, 2.45) is 0 Å². The molecule has 0 spiro atoms. The molecule has 3 rings (SSSR count). The van der Waals surface area contributed by atoms with Gasteiger partial charge in [-0.1, -0.05) is 35.9 Å². The second-order valence-corrected chi connectivity index (χ2v) is 5.79. The lowest BCUT2D eigenvalue weighted by Gasteiger charge is -2.32. The van der Waals surface area contributed by atoms with Crippen LogP contribution in [0.25, 0.3) is 0 Å². The standard InChI is InChI=1S/C19H21NO2/c1-15-7-9-16(10-8-15)19(21)20-13-11-18(12-14-20)22-17-5-3-2-4-6-17/h2-10,18H,11-14H2,1H3. The molecule has 1 heterocycles. The van der Waals surface area contributed by atoms with Gasteiger partial charge < -0.3 is 9.64 Å². The lowest BCUT2D eigenvalue weighted by Crippen LogP contribution is -2.41. The van der Waals surface area contributed by atoms with Crippen LogP contribution >= 0.6 is 0 Å². The first-order valence-electron chi connectivity index (χ1n) is 7.80. The molecule has 0 aliphatic carbocycles. The Kier molecular flexibility index (Phi) is 4.42. The second kappa shape index (κ2) is 6.65. The molecule has 0 aromatic heterocycles. The minimum Gasteiger partial charge on any atom is -0.490 e. The van der Waals surface area contributed by atoms with Crippen molar-refractivity contribution in [1.82, 2.24) is 4.90 Å². The van der Waals surface area contributed by atoms with E-state index in [-0.39, 0.29) is 12.0 Å². The smallest absolute Gasteiger partial charge is 0.253 e. The number of carbonyl (C=O) groups is 1. The summed E-state index contributed by atoms with van der Waals surface area (Å²) < 4.78 is 5.97. The largest absolute Gasteiger partial charge is 0.490 e. The van der Waals surface area contributed by atoms with E-state index in [9.17, 15) is 4.79 Å². The number of rotatable bonds is 3. The maximum atomic E-state index is 12.5. The summed E-state index contributed by atoms with van der Waals surface area (Å²) in [6.45, 7) is 3.54. The van der Waals surface area contributed by atoms with Crippen LogP contribution in [0.15, 0.2) is 54.6 Å². The van der Waals surface area contributed by atoms with E-state index in [2.05, 4.69) is 0 Å². The molecule has 2 aromatic rings. The van der Waals surface area contributed by atoms with Gasteiger partial charge in [0.15, 0.2) is 0 Å². The van der Waals surface area contributed by atoms with Crippen LogP contribution in [-0.2, 0) is 0 Å². The number of aryl methyl sites for hydroxylation is 1. The van der Waals surface area contributed by atoms with Gasteiger partial charge in [0.1, 0.15) is 11.9 Å². The summed E-state index contributed by atoms with van der Waals surface area (Å²) in [6, 6.07) is 17.7. The van der Waals surface area contributed by atoms with E-state index in [4.69, 9.17) is 4.74 Å². The first kappa shape index (κ1) is 14.6. The van der Waals surface area contributed by atoms with Gasteiger partial charge in [-0.3, -0.25) is 4.79 Å². The predicted octanol–water partition coefficient (Wildman–Crippen LogP) is 3.68. The van der Waals surface area contributed by atoms with Crippen LogP contribution in [0.4, 0.5) is 0 Å². The third-order valence-electron chi connectivity index (χ3n) is 4.07. The van der Waals surface area contributed by atoms with Crippen LogP contribution < -0.4 is 4.74 Å². The second-order valence-electron chi connectivity index (χ2n) is 5.79. The SMILES string of the molecule is Cc1ccc(C(=O)N2CCC(Oc3ccccc3)CC2)cc1.